The second-order valence-electron chi connectivity index (χ2n) is 3.57. The maximum Gasteiger partial charge on any atom is 0.425 e. The van der Waals surface area contributed by atoms with Gasteiger partial charge in [-0.05, 0) is 19.1 Å². The standard InChI is InChI=1S/C10H8F3N3OS/c1-6(16-5-14-4-15-9(16)17)7-2-3-8(18-7)10(11,12)13/h2-6H,1H3. The van der Waals surface area contributed by atoms with E-state index in [9.17, 15) is 18.0 Å². The highest BCUT2D eigenvalue weighted by atomic mass is 32.1. The van der Waals surface area contributed by atoms with Crippen LogP contribution in [0.25, 0.3) is 0 Å². The van der Waals surface area contributed by atoms with E-state index in [4.69, 9.17) is 0 Å². The van der Waals surface area contributed by atoms with E-state index in [1.54, 1.807) is 6.92 Å². The molecule has 0 spiro atoms. The fourth-order valence-electron chi connectivity index (χ4n) is 1.43. The van der Waals surface area contributed by atoms with Gasteiger partial charge in [-0.25, -0.2) is 9.78 Å². The first-order valence-corrected chi connectivity index (χ1v) is 5.76. The topological polar surface area (TPSA) is 47.8 Å². The van der Waals surface area contributed by atoms with Crippen molar-refractivity contribution in [1.29, 1.82) is 0 Å². The van der Waals surface area contributed by atoms with Crippen molar-refractivity contribution in [3.63, 3.8) is 0 Å². The van der Waals surface area contributed by atoms with Gasteiger partial charge in [0.15, 0.2) is 0 Å². The van der Waals surface area contributed by atoms with Crippen molar-refractivity contribution in [2.75, 3.05) is 0 Å². The summed E-state index contributed by atoms with van der Waals surface area (Å²) in [5, 5.41) is 0. The zero-order chi connectivity index (χ0) is 13.3. The zero-order valence-corrected chi connectivity index (χ0v) is 10.00. The highest BCUT2D eigenvalue weighted by molar-refractivity contribution is 7.12. The van der Waals surface area contributed by atoms with Crippen LogP contribution in [0.4, 0.5) is 13.2 Å². The molecule has 1 unspecified atom stereocenters. The molecule has 0 aromatic carbocycles. The lowest BCUT2D eigenvalue weighted by molar-refractivity contribution is -0.134. The van der Waals surface area contributed by atoms with E-state index >= 15 is 0 Å². The minimum absolute atomic E-state index is 0.430. The minimum atomic E-state index is -4.36. The molecule has 0 aliphatic heterocycles. The van der Waals surface area contributed by atoms with Crippen LogP contribution in [0.1, 0.15) is 22.7 Å². The van der Waals surface area contributed by atoms with Crippen molar-refractivity contribution in [2.45, 2.75) is 19.1 Å². The van der Waals surface area contributed by atoms with Crippen LogP contribution in [-0.2, 0) is 6.18 Å². The Balaban J connectivity index is 2.36. The molecule has 0 saturated carbocycles. The van der Waals surface area contributed by atoms with E-state index in [0.717, 1.165) is 12.4 Å². The predicted molar refractivity (Wildman–Crippen MR) is 59.4 cm³/mol. The summed E-state index contributed by atoms with van der Waals surface area (Å²) in [6.07, 6.45) is -2.01. The first kappa shape index (κ1) is 12.7. The minimum Gasteiger partial charge on any atom is -0.275 e. The fraction of sp³-hybridized carbons (Fsp3) is 0.300. The molecule has 18 heavy (non-hydrogen) atoms. The van der Waals surface area contributed by atoms with Gasteiger partial charge in [0.05, 0.1) is 6.04 Å². The largest absolute Gasteiger partial charge is 0.425 e. The van der Waals surface area contributed by atoms with Crippen molar-refractivity contribution >= 4 is 11.3 Å². The van der Waals surface area contributed by atoms with Crippen LogP contribution in [0.2, 0.25) is 0 Å². The van der Waals surface area contributed by atoms with Crippen LogP contribution >= 0.6 is 11.3 Å². The number of thiophene rings is 1. The first-order chi connectivity index (χ1) is 8.39. The lowest BCUT2D eigenvalue weighted by atomic mass is 10.2. The van der Waals surface area contributed by atoms with E-state index < -0.39 is 22.8 Å². The maximum atomic E-state index is 12.5. The molecule has 0 aliphatic rings. The molecule has 2 aromatic heterocycles. The molecule has 1 atom stereocenters. The van der Waals surface area contributed by atoms with Gasteiger partial charge < -0.3 is 0 Å². The van der Waals surface area contributed by atoms with Crippen molar-refractivity contribution in [2.24, 2.45) is 0 Å². The Hall–Kier alpha value is -1.70. The molecule has 0 N–H and O–H groups in total. The monoisotopic (exact) mass is 275 g/mol. The molecule has 0 saturated heterocycles. The highest BCUT2D eigenvalue weighted by Gasteiger charge is 2.33. The molecule has 2 rings (SSSR count). The summed E-state index contributed by atoms with van der Waals surface area (Å²) in [4.78, 5) is 18.3. The molecule has 8 heteroatoms. The Morgan fingerprint density at radius 2 is 2.11 bits per heavy atom. The van der Waals surface area contributed by atoms with Crippen LogP contribution < -0.4 is 5.69 Å². The van der Waals surface area contributed by atoms with Crippen LogP contribution in [0, 0.1) is 0 Å². The molecule has 4 nitrogen and oxygen atoms in total. The highest BCUT2D eigenvalue weighted by Crippen LogP contribution is 2.36. The van der Waals surface area contributed by atoms with E-state index in [0.29, 0.717) is 16.2 Å². The van der Waals surface area contributed by atoms with Gasteiger partial charge in [-0.2, -0.15) is 18.2 Å². The number of rotatable bonds is 2. The van der Waals surface area contributed by atoms with E-state index in [1.165, 1.54) is 17.0 Å². The van der Waals surface area contributed by atoms with Gasteiger partial charge in [-0.15, -0.1) is 11.3 Å². The van der Waals surface area contributed by atoms with E-state index in [-0.39, 0.29) is 0 Å². The van der Waals surface area contributed by atoms with Crippen LogP contribution in [0.3, 0.4) is 0 Å². The first-order valence-electron chi connectivity index (χ1n) is 4.94. The SMILES string of the molecule is CC(c1ccc(C(F)(F)F)s1)n1cncnc1=O. The van der Waals surface area contributed by atoms with Gasteiger partial charge in [-0.3, -0.25) is 4.57 Å². The average Bonchev–Trinajstić information content (AvgIpc) is 2.77. The van der Waals surface area contributed by atoms with Gasteiger partial charge >= 0.3 is 11.9 Å². The lowest BCUT2D eigenvalue weighted by Gasteiger charge is -2.11. The Kier molecular flexibility index (Phi) is 3.20. The second-order valence-corrected chi connectivity index (χ2v) is 4.69. The Bertz CT molecular complexity index is 605. The maximum absolute atomic E-state index is 12.5. The molecule has 96 valence electrons. The summed E-state index contributed by atoms with van der Waals surface area (Å²) < 4.78 is 38.6. The number of alkyl halides is 3. The molecule has 0 aliphatic carbocycles. The normalized spacial score (nSPS) is 13.6. The average molecular weight is 275 g/mol. The van der Waals surface area contributed by atoms with Crippen molar-refractivity contribution in [3.05, 3.63) is 45.0 Å². The van der Waals surface area contributed by atoms with Gasteiger partial charge in [-0.1, -0.05) is 0 Å². The molecule has 0 amide bonds. The summed E-state index contributed by atoms with van der Waals surface area (Å²) in [5.41, 5.74) is -0.542. The van der Waals surface area contributed by atoms with Crippen molar-refractivity contribution in [1.82, 2.24) is 14.5 Å². The molecule has 0 radical (unpaired) electrons. The van der Waals surface area contributed by atoms with Gasteiger partial charge in [0.25, 0.3) is 0 Å². The quantitative estimate of drug-likeness (QED) is 0.845. The zero-order valence-electron chi connectivity index (χ0n) is 9.18. The van der Waals surface area contributed by atoms with Crippen molar-refractivity contribution < 1.29 is 13.2 Å². The van der Waals surface area contributed by atoms with Crippen LogP contribution in [0.15, 0.2) is 29.6 Å². The molecule has 2 heterocycles. The third-order valence-corrected chi connectivity index (χ3v) is 3.68. The van der Waals surface area contributed by atoms with E-state index in [1.807, 2.05) is 0 Å². The number of hydrogen-bond acceptors (Lipinski definition) is 4. The molecule has 0 bridgehead atoms. The van der Waals surface area contributed by atoms with Crippen molar-refractivity contribution in [3.8, 4) is 0 Å². The summed E-state index contributed by atoms with van der Waals surface area (Å²) in [7, 11) is 0. The number of hydrogen-bond donors (Lipinski definition) is 0. The molecular weight excluding hydrogens is 267 g/mol. The Morgan fingerprint density at radius 3 is 2.67 bits per heavy atom. The third kappa shape index (κ3) is 2.42. The Labute approximate surface area is 104 Å². The summed E-state index contributed by atoms with van der Waals surface area (Å²) in [6, 6.07) is 1.84. The summed E-state index contributed by atoms with van der Waals surface area (Å²) in [5.74, 6) is 0. The van der Waals surface area contributed by atoms with Gasteiger partial charge in [0.2, 0.25) is 0 Å². The fourth-order valence-corrected chi connectivity index (χ4v) is 2.36. The summed E-state index contributed by atoms with van der Waals surface area (Å²) in [6.45, 7) is 1.62. The predicted octanol–water partition coefficient (Wildman–Crippen LogP) is 2.33. The van der Waals surface area contributed by atoms with Gasteiger partial charge in [0.1, 0.15) is 17.5 Å². The van der Waals surface area contributed by atoms with Crippen LogP contribution in [-0.4, -0.2) is 14.5 Å². The molecule has 0 fully saturated rings. The third-order valence-electron chi connectivity index (χ3n) is 2.38. The van der Waals surface area contributed by atoms with E-state index in [2.05, 4.69) is 9.97 Å². The molecule has 2 aromatic rings. The van der Waals surface area contributed by atoms with Crippen LogP contribution in [0.5, 0.6) is 0 Å². The Morgan fingerprint density at radius 1 is 1.39 bits per heavy atom. The summed E-state index contributed by atoms with van der Waals surface area (Å²) >= 11 is 0.611. The molecular formula is C10H8F3N3OS. The number of aromatic nitrogens is 3. The second kappa shape index (κ2) is 4.52. The number of halogens is 3. The smallest absolute Gasteiger partial charge is 0.275 e. The number of nitrogens with zero attached hydrogens (tertiary/aromatic N) is 3. The lowest BCUT2D eigenvalue weighted by Crippen LogP contribution is -2.25. The van der Waals surface area contributed by atoms with Gasteiger partial charge in [0, 0.05) is 4.88 Å².